The second kappa shape index (κ2) is 5.21. The second-order valence-corrected chi connectivity index (χ2v) is 6.95. The van der Waals surface area contributed by atoms with Gasteiger partial charge in [-0.15, -0.1) is 0 Å². The maximum absolute atomic E-state index is 2.44. The van der Waals surface area contributed by atoms with Crippen LogP contribution in [0.3, 0.4) is 0 Å². The van der Waals surface area contributed by atoms with Gasteiger partial charge in [0.05, 0.1) is 0 Å². The number of hydrogen-bond donors (Lipinski definition) is 0. The average Bonchev–Trinajstić information content (AvgIpc) is 3.03. The van der Waals surface area contributed by atoms with Gasteiger partial charge in [-0.25, -0.2) is 0 Å². The molecule has 0 heteroatoms. The van der Waals surface area contributed by atoms with Crippen molar-refractivity contribution >= 4 is 38.4 Å². The van der Waals surface area contributed by atoms with Gasteiger partial charge in [-0.05, 0) is 68.4 Å². The van der Waals surface area contributed by atoms with Crippen molar-refractivity contribution in [3.05, 3.63) is 77.4 Å². The van der Waals surface area contributed by atoms with Gasteiger partial charge >= 0.3 is 0 Å². The molecule has 0 N–H and O–H groups in total. The summed E-state index contributed by atoms with van der Waals surface area (Å²) in [4.78, 5) is 0. The fourth-order valence-corrected chi connectivity index (χ4v) is 4.20. The van der Waals surface area contributed by atoms with Crippen molar-refractivity contribution in [1.82, 2.24) is 0 Å². The van der Waals surface area contributed by atoms with Crippen LogP contribution in [0.15, 0.2) is 66.2 Å². The maximum Gasteiger partial charge on any atom is -0.00576 e. The van der Waals surface area contributed by atoms with Crippen LogP contribution in [-0.2, 0) is 6.42 Å². The van der Waals surface area contributed by atoms with E-state index in [1.165, 1.54) is 56.3 Å². The fraction of sp³-hybridized carbons (Fsp3) is 0.167. The molecule has 1 aliphatic rings. The third kappa shape index (κ3) is 1.99. The van der Waals surface area contributed by atoms with Gasteiger partial charge in [0.2, 0.25) is 0 Å². The van der Waals surface area contributed by atoms with E-state index in [1.54, 1.807) is 5.57 Å². The summed E-state index contributed by atoms with van der Waals surface area (Å²) in [5, 5.41) is 8.12. The monoisotopic (exact) mass is 308 g/mol. The summed E-state index contributed by atoms with van der Waals surface area (Å²) in [6, 6.07) is 22.6. The van der Waals surface area contributed by atoms with Crippen LogP contribution >= 0.6 is 0 Å². The maximum atomic E-state index is 2.44. The Morgan fingerprint density at radius 3 is 2.38 bits per heavy atom. The van der Waals surface area contributed by atoms with Crippen LogP contribution in [0, 0.1) is 0 Å². The number of allylic oxidation sites excluding steroid dienone is 1. The molecule has 0 unspecified atom stereocenters. The lowest BCUT2D eigenvalue weighted by molar-refractivity contribution is 0.886. The van der Waals surface area contributed by atoms with Crippen LogP contribution in [-0.4, -0.2) is 0 Å². The molecular weight excluding hydrogens is 288 g/mol. The quantitative estimate of drug-likeness (QED) is 0.279. The molecule has 4 aromatic carbocycles. The van der Waals surface area contributed by atoms with Gasteiger partial charge in [0.1, 0.15) is 0 Å². The second-order valence-electron chi connectivity index (χ2n) is 6.95. The summed E-state index contributed by atoms with van der Waals surface area (Å²) in [6.45, 7) is 2.26. The van der Waals surface area contributed by atoms with E-state index in [0.29, 0.717) is 0 Å². The van der Waals surface area contributed by atoms with Crippen molar-refractivity contribution in [3.63, 3.8) is 0 Å². The van der Waals surface area contributed by atoms with Gasteiger partial charge in [0, 0.05) is 0 Å². The van der Waals surface area contributed by atoms with E-state index in [-0.39, 0.29) is 0 Å². The molecule has 0 aromatic heterocycles. The molecule has 0 saturated heterocycles. The molecule has 0 bridgehead atoms. The molecule has 4 aromatic rings. The molecule has 0 saturated carbocycles. The third-order valence-corrected chi connectivity index (χ3v) is 5.35. The first-order valence-electron chi connectivity index (χ1n) is 8.90. The van der Waals surface area contributed by atoms with E-state index in [0.717, 1.165) is 6.42 Å². The van der Waals surface area contributed by atoms with E-state index in [1.807, 2.05) is 0 Å². The molecule has 0 aliphatic heterocycles. The summed E-state index contributed by atoms with van der Waals surface area (Å²) in [7, 11) is 0. The Labute approximate surface area is 142 Å². The van der Waals surface area contributed by atoms with E-state index < -0.39 is 0 Å². The summed E-state index contributed by atoms with van der Waals surface area (Å²) in [6.07, 6.45) is 6.02. The standard InChI is InChI=1S/C24H20/c1-2-5-16-12-19-8-10-22-21(23(19)13-16)11-9-20-14-17-6-3-4-7-18(17)15-24(20)22/h3-4,6-11,13-15H,2,5,12H2,1H3. The van der Waals surface area contributed by atoms with Gasteiger partial charge in [-0.2, -0.15) is 0 Å². The van der Waals surface area contributed by atoms with E-state index in [9.17, 15) is 0 Å². The first-order chi connectivity index (χ1) is 11.8. The minimum Gasteiger partial charge on any atom is -0.0652 e. The molecule has 0 spiro atoms. The van der Waals surface area contributed by atoms with Gasteiger partial charge < -0.3 is 0 Å². The molecular formula is C24H20. The Kier molecular flexibility index (Phi) is 2.99. The van der Waals surface area contributed by atoms with E-state index in [2.05, 4.69) is 73.7 Å². The highest BCUT2D eigenvalue weighted by Gasteiger charge is 2.15. The van der Waals surface area contributed by atoms with Crippen molar-refractivity contribution in [2.45, 2.75) is 26.2 Å². The lowest BCUT2D eigenvalue weighted by Crippen LogP contribution is -1.87. The summed E-state index contributed by atoms with van der Waals surface area (Å²) in [5.41, 5.74) is 4.52. The highest BCUT2D eigenvalue weighted by molar-refractivity contribution is 6.14. The van der Waals surface area contributed by atoms with Crippen molar-refractivity contribution < 1.29 is 0 Å². The zero-order chi connectivity index (χ0) is 16.1. The average molecular weight is 308 g/mol. The van der Waals surface area contributed by atoms with Crippen molar-refractivity contribution in [2.75, 3.05) is 0 Å². The van der Waals surface area contributed by atoms with Crippen molar-refractivity contribution in [1.29, 1.82) is 0 Å². The fourth-order valence-electron chi connectivity index (χ4n) is 4.20. The molecule has 0 radical (unpaired) electrons. The lowest BCUT2D eigenvalue weighted by Gasteiger charge is -2.09. The molecule has 1 aliphatic carbocycles. The smallest absolute Gasteiger partial charge is 0.00576 e. The van der Waals surface area contributed by atoms with Crippen LogP contribution in [0.25, 0.3) is 38.4 Å². The molecule has 116 valence electrons. The van der Waals surface area contributed by atoms with Crippen LogP contribution < -0.4 is 0 Å². The number of benzene rings is 4. The highest BCUT2D eigenvalue weighted by atomic mass is 14.2. The summed E-state index contributed by atoms with van der Waals surface area (Å²) >= 11 is 0. The molecule has 5 rings (SSSR count). The normalized spacial score (nSPS) is 13.6. The Bertz CT molecular complexity index is 1130. The largest absolute Gasteiger partial charge is 0.0652 e. The predicted molar refractivity (Wildman–Crippen MR) is 106 cm³/mol. The molecule has 0 nitrogen and oxygen atoms in total. The topological polar surface area (TPSA) is 0 Å². The Balaban J connectivity index is 1.83. The zero-order valence-electron chi connectivity index (χ0n) is 14.0. The minimum absolute atomic E-state index is 1.13. The molecule has 0 fully saturated rings. The van der Waals surface area contributed by atoms with Gasteiger partial charge in [-0.1, -0.05) is 73.5 Å². The number of fused-ring (bicyclic) bond motifs is 6. The third-order valence-electron chi connectivity index (χ3n) is 5.35. The summed E-state index contributed by atoms with van der Waals surface area (Å²) in [5.74, 6) is 0. The van der Waals surface area contributed by atoms with Crippen LogP contribution in [0.4, 0.5) is 0 Å². The summed E-state index contributed by atoms with van der Waals surface area (Å²) < 4.78 is 0. The number of rotatable bonds is 2. The van der Waals surface area contributed by atoms with Crippen LogP contribution in [0.2, 0.25) is 0 Å². The minimum atomic E-state index is 1.13. The molecule has 24 heavy (non-hydrogen) atoms. The van der Waals surface area contributed by atoms with Crippen molar-refractivity contribution in [2.24, 2.45) is 0 Å². The van der Waals surface area contributed by atoms with Gasteiger partial charge in [-0.3, -0.25) is 0 Å². The van der Waals surface area contributed by atoms with E-state index in [4.69, 9.17) is 0 Å². The van der Waals surface area contributed by atoms with E-state index >= 15 is 0 Å². The zero-order valence-corrected chi connectivity index (χ0v) is 14.0. The first kappa shape index (κ1) is 13.8. The Morgan fingerprint density at radius 2 is 1.54 bits per heavy atom. The lowest BCUT2D eigenvalue weighted by atomic mass is 9.94. The van der Waals surface area contributed by atoms with Crippen molar-refractivity contribution in [3.8, 4) is 0 Å². The van der Waals surface area contributed by atoms with Gasteiger partial charge in [0.25, 0.3) is 0 Å². The first-order valence-corrected chi connectivity index (χ1v) is 8.90. The SMILES string of the molecule is CCCC1=Cc2c(ccc3c2ccc2cc4ccccc4cc23)C1. The van der Waals surface area contributed by atoms with Crippen LogP contribution in [0.1, 0.15) is 30.9 Å². The molecule has 0 atom stereocenters. The highest BCUT2D eigenvalue weighted by Crippen LogP contribution is 2.37. The van der Waals surface area contributed by atoms with Crippen LogP contribution in [0.5, 0.6) is 0 Å². The predicted octanol–water partition coefficient (Wildman–Crippen LogP) is 6.89. The Hall–Kier alpha value is -2.60. The molecule has 0 heterocycles. The Morgan fingerprint density at radius 1 is 0.750 bits per heavy atom. The molecule has 0 amide bonds. The van der Waals surface area contributed by atoms with Gasteiger partial charge in [0.15, 0.2) is 0 Å². The number of hydrogen-bond acceptors (Lipinski definition) is 0.